The molecule has 96 valence electrons. The van der Waals surface area contributed by atoms with Gasteiger partial charge in [-0.05, 0) is 52.9 Å². The van der Waals surface area contributed by atoms with Crippen molar-refractivity contribution in [3.05, 3.63) is 10.2 Å². The number of nitrogens with zero attached hydrogens (tertiary/aromatic N) is 1. The maximum absolute atomic E-state index is 5.69. The largest absolute Gasteiger partial charge is 0.380 e. The summed E-state index contributed by atoms with van der Waals surface area (Å²) in [5, 5.41) is 3.82. The van der Waals surface area contributed by atoms with E-state index in [1.54, 1.807) is 0 Å². The zero-order valence-electron chi connectivity index (χ0n) is 10.8. The van der Waals surface area contributed by atoms with E-state index in [1.165, 1.54) is 25.7 Å². The first-order valence-corrected chi connectivity index (χ1v) is 7.09. The lowest BCUT2D eigenvalue weighted by Crippen LogP contribution is -2.25. The fourth-order valence-corrected chi connectivity index (χ4v) is 3.25. The fourth-order valence-electron chi connectivity index (χ4n) is 2.78. The number of nitrogen functional groups attached to an aromatic ring is 1. The summed E-state index contributed by atoms with van der Waals surface area (Å²) in [6.45, 7) is 7.00. The monoisotopic (exact) mass is 300 g/mol. The van der Waals surface area contributed by atoms with Crippen LogP contribution in [0.1, 0.15) is 58.1 Å². The number of aromatic nitrogens is 1. The van der Waals surface area contributed by atoms with E-state index in [9.17, 15) is 0 Å². The molecule has 1 fully saturated rings. The van der Waals surface area contributed by atoms with E-state index in [0.717, 1.165) is 16.2 Å². The van der Waals surface area contributed by atoms with E-state index < -0.39 is 0 Å². The van der Waals surface area contributed by atoms with Crippen molar-refractivity contribution < 1.29 is 4.52 Å². The molecule has 1 aliphatic rings. The van der Waals surface area contributed by atoms with Gasteiger partial charge < -0.3 is 10.3 Å². The summed E-state index contributed by atoms with van der Waals surface area (Å²) in [5.41, 5.74) is 6.11. The van der Waals surface area contributed by atoms with Crippen LogP contribution in [0.25, 0.3) is 0 Å². The molecule has 1 heterocycles. The molecule has 1 aromatic rings. The lowest BCUT2D eigenvalue weighted by molar-refractivity contribution is 0.160. The first kappa shape index (κ1) is 12.9. The van der Waals surface area contributed by atoms with Gasteiger partial charge in [0.05, 0.1) is 0 Å². The molecular weight excluding hydrogens is 280 g/mol. The molecule has 0 saturated heterocycles. The van der Waals surface area contributed by atoms with E-state index in [2.05, 4.69) is 41.9 Å². The lowest BCUT2D eigenvalue weighted by atomic mass is 9.69. The molecular formula is C13H21BrN2O. The molecule has 0 amide bonds. The molecule has 0 spiro atoms. The predicted octanol–water partition coefficient (Wildman–Crippen LogP) is 4.34. The van der Waals surface area contributed by atoms with E-state index in [0.29, 0.717) is 17.2 Å². The van der Waals surface area contributed by atoms with Crippen LogP contribution in [0.15, 0.2) is 9.00 Å². The van der Waals surface area contributed by atoms with Crippen LogP contribution in [0.5, 0.6) is 0 Å². The highest BCUT2D eigenvalue weighted by molar-refractivity contribution is 9.10. The quantitative estimate of drug-likeness (QED) is 0.839. The van der Waals surface area contributed by atoms with Crippen molar-refractivity contribution >= 4 is 21.7 Å². The van der Waals surface area contributed by atoms with Crippen LogP contribution in [-0.2, 0) is 0 Å². The molecule has 2 N–H and O–H groups in total. The average molecular weight is 301 g/mol. The first-order chi connectivity index (χ1) is 7.89. The molecule has 0 aliphatic heterocycles. The topological polar surface area (TPSA) is 52.0 Å². The highest BCUT2D eigenvalue weighted by Crippen LogP contribution is 2.45. The van der Waals surface area contributed by atoms with Crippen LogP contribution in [0, 0.1) is 11.3 Å². The molecule has 0 aromatic carbocycles. The standard InChI is InChI=1S/C13H21BrN2O/c1-13(2,3)9-6-4-8(5-7-9)11-10(14)12(15)16-17-11/h8-9H,4-7H2,1-3H3,(H2,15,16). The second kappa shape index (κ2) is 4.63. The first-order valence-electron chi connectivity index (χ1n) is 6.30. The van der Waals surface area contributed by atoms with Crippen LogP contribution in [0.2, 0.25) is 0 Å². The van der Waals surface area contributed by atoms with Crippen molar-refractivity contribution in [2.75, 3.05) is 5.73 Å². The number of hydrogen-bond acceptors (Lipinski definition) is 3. The summed E-state index contributed by atoms with van der Waals surface area (Å²) in [7, 11) is 0. The third-order valence-corrected chi connectivity index (χ3v) is 4.80. The number of nitrogens with two attached hydrogens (primary N) is 1. The summed E-state index contributed by atoms with van der Waals surface area (Å²) in [4.78, 5) is 0. The third kappa shape index (κ3) is 2.67. The smallest absolute Gasteiger partial charge is 0.181 e. The van der Waals surface area contributed by atoms with Gasteiger partial charge in [0.25, 0.3) is 0 Å². The molecule has 0 radical (unpaired) electrons. The van der Waals surface area contributed by atoms with Gasteiger partial charge in [-0.15, -0.1) is 0 Å². The van der Waals surface area contributed by atoms with Crippen molar-refractivity contribution in [3.8, 4) is 0 Å². The predicted molar refractivity (Wildman–Crippen MR) is 72.8 cm³/mol. The van der Waals surface area contributed by atoms with E-state index >= 15 is 0 Å². The van der Waals surface area contributed by atoms with E-state index in [4.69, 9.17) is 10.3 Å². The van der Waals surface area contributed by atoms with Gasteiger partial charge in [0.2, 0.25) is 0 Å². The van der Waals surface area contributed by atoms with E-state index in [1.807, 2.05) is 0 Å². The fraction of sp³-hybridized carbons (Fsp3) is 0.769. The highest BCUT2D eigenvalue weighted by atomic mass is 79.9. The Hall–Kier alpha value is -0.510. The van der Waals surface area contributed by atoms with Crippen LogP contribution in [0.4, 0.5) is 5.82 Å². The summed E-state index contributed by atoms with van der Waals surface area (Å²) < 4.78 is 6.19. The van der Waals surface area contributed by atoms with Gasteiger partial charge in [-0.2, -0.15) is 0 Å². The summed E-state index contributed by atoms with van der Waals surface area (Å²) in [6.07, 6.45) is 4.88. The van der Waals surface area contributed by atoms with Crippen molar-refractivity contribution in [1.29, 1.82) is 0 Å². The summed E-state index contributed by atoms with van der Waals surface area (Å²) in [5.74, 6) is 2.71. The minimum absolute atomic E-state index is 0.419. The minimum atomic E-state index is 0.419. The Balaban J connectivity index is 2.02. The number of halogens is 1. The molecule has 2 rings (SSSR count). The maximum atomic E-state index is 5.69. The normalized spacial score (nSPS) is 26.1. The van der Waals surface area contributed by atoms with Gasteiger partial charge in [-0.1, -0.05) is 25.9 Å². The van der Waals surface area contributed by atoms with Crippen LogP contribution < -0.4 is 5.73 Å². The zero-order chi connectivity index (χ0) is 12.6. The number of rotatable bonds is 1. The molecule has 1 aliphatic carbocycles. The summed E-state index contributed by atoms with van der Waals surface area (Å²) in [6, 6.07) is 0. The molecule has 0 bridgehead atoms. The molecule has 3 nitrogen and oxygen atoms in total. The Morgan fingerprint density at radius 3 is 2.24 bits per heavy atom. The molecule has 4 heteroatoms. The lowest BCUT2D eigenvalue weighted by Gasteiger charge is -2.36. The molecule has 1 aromatic heterocycles. The minimum Gasteiger partial charge on any atom is -0.380 e. The van der Waals surface area contributed by atoms with Crippen LogP contribution >= 0.6 is 15.9 Å². The maximum Gasteiger partial charge on any atom is 0.181 e. The van der Waals surface area contributed by atoms with Crippen molar-refractivity contribution in [2.45, 2.75) is 52.4 Å². The Morgan fingerprint density at radius 2 is 1.82 bits per heavy atom. The van der Waals surface area contributed by atoms with Crippen molar-refractivity contribution in [2.24, 2.45) is 11.3 Å². The zero-order valence-corrected chi connectivity index (χ0v) is 12.4. The van der Waals surface area contributed by atoms with Gasteiger partial charge in [-0.25, -0.2) is 0 Å². The van der Waals surface area contributed by atoms with E-state index in [-0.39, 0.29) is 0 Å². The van der Waals surface area contributed by atoms with Gasteiger partial charge in [0, 0.05) is 5.92 Å². The number of anilines is 1. The Morgan fingerprint density at radius 1 is 1.24 bits per heavy atom. The highest BCUT2D eigenvalue weighted by Gasteiger charge is 2.32. The second-order valence-corrected chi connectivity index (χ2v) is 6.95. The molecule has 17 heavy (non-hydrogen) atoms. The Labute approximate surface area is 111 Å². The van der Waals surface area contributed by atoms with Crippen LogP contribution in [0.3, 0.4) is 0 Å². The van der Waals surface area contributed by atoms with Crippen LogP contribution in [-0.4, -0.2) is 5.16 Å². The van der Waals surface area contributed by atoms with Gasteiger partial charge in [0.15, 0.2) is 11.6 Å². The van der Waals surface area contributed by atoms with Gasteiger partial charge >= 0.3 is 0 Å². The summed E-state index contributed by atoms with van der Waals surface area (Å²) >= 11 is 3.46. The van der Waals surface area contributed by atoms with Gasteiger partial charge in [0.1, 0.15) is 4.47 Å². The third-order valence-electron chi connectivity index (χ3n) is 4.01. The average Bonchev–Trinajstić information content (AvgIpc) is 2.59. The second-order valence-electron chi connectivity index (χ2n) is 6.16. The molecule has 0 atom stereocenters. The Kier molecular flexibility index (Phi) is 3.53. The van der Waals surface area contributed by atoms with Gasteiger partial charge in [-0.3, -0.25) is 0 Å². The SMILES string of the molecule is CC(C)(C)C1CCC(c2onc(N)c2Br)CC1. The molecule has 0 unspecified atom stereocenters. The van der Waals surface area contributed by atoms with Crippen molar-refractivity contribution in [1.82, 2.24) is 5.16 Å². The molecule has 1 saturated carbocycles. The Bertz CT molecular complexity index is 387. The van der Waals surface area contributed by atoms with Crippen molar-refractivity contribution in [3.63, 3.8) is 0 Å². The number of hydrogen-bond donors (Lipinski definition) is 1.